The molecule has 2 heterocycles. The van der Waals surface area contributed by atoms with Gasteiger partial charge in [0.05, 0.1) is 43.1 Å². The minimum absolute atomic E-state index is 0.175. The number of benzene rings is 1. The van der Waals surface area contributed by atoms with E-state index in [9.17, 15) is 4.79 Å². The van der Waals surface area contributed by atoms with Crippen LogP contribution < -0.4 is 10.3 Å². The first-order valence-electron chi connectivity index (χ1n) is 7.06. The van der Waals surface area contributed by atoms with Crippen LogP contribution in [0.4, 0.5) is 0 Å². The number of hydrogen-bond donors (Lipinski definition) is 0. The first-order valence-corrected chi connectivity index (χ1v) is 7.06. The van der Waals surface area contributed by atoms with Gasteiger partial charge in [-0.25, -0.2) is 4.98 Å². The standard InChI is InChI=1S/C15H17N5O2/c1-4-20-17-10(2)13(18-20)9-19-14-7-11(22-3)5-6-12(14)16-8-15(19)21/h5-8H,4,9H2,1-3H3. The van der Waals surface area contributed by atoms with Gasteiger partial charge < -0.3 is 4.74 Å². The van der Waals surface area contributed by atoms with Gasteiger partial charge in [-0.2, -0.15) is 15.0 Å². The Balaban J connectivity index is 2.14. The minimum Gasteiger partial charge on any atom is -0.497 e. The van der Waals surface area contributed by atoms with Crippen LogP contribution in [0.5, 0.6) is 5.75 Å². The molecule has 114 valence electrons. The normalized spacial score (nSPS) is 11.0. The van der Waals surface area contributed by atoms with Gasteiger partial charge in [0, 0.05) is 6.07 Å². The largest absolute Gasteiger partial charge is 0.497 e. The predicted octanol–water partition coefficient (Wildman–Crippen LogP) is 1.37. The Morgan fingerprint density at radius 1 is 1.27 bits per heavy atom. The van der Waals surface area contributed by atoms with E-state index in [4.69, 9.17) is 4.74 Å². The third kappa shape index (κ3) is 2.45. The Morgan fingerprint density at radius 3 is 2.77 bits per heavy atom. The van der Waals surface area contributed by atoms with Crippen LogP contribution in [0.1, 0.15) is 18.3 Å². The maximum absolute atomic E-state index is 12.2. The summed E-state index contributed by atoms with van der Waals surface area (Å²) in [5.74, 6) is 0.683. The van der Waals surface area contributed by atoms with Crippen molar-refractivity contribution in [3.63, 3.8) is 0 Å². The van der Waals surface area contributed by atoms with E-state index < -0.39 is 0 Å². The van der Waals surface area contributed by atoms with Crippen LogP contribution in [-0.2, 0) is 13.1 Å². The van der Waals surface area contributed by atoms with Gasteiger partial charge in [-0.15, -0.1) is 0 Å². The lowest BCUT2D eigenvalue weighted by Gasteiger charge is -2.09. The highest BCUT2D eigenvalue weighted by atomic mass is 16.5. The van der Waals surface area contributed by atoms with Crippen LogP contribution in [0.15, 0.2) is 29.2 Å². The van der Waals surface area contributed by atoms with Gasteiger partial charge in [0.15, 0.2) is 0 Å². The number of methoxy groups -OCH3 is 1. The molecule has 7 heteroatoms. The van der Waals surface area contributed by atoms with E-state index in [1.165, 1.54) is 6.20 Å². The number of aromatic nitrogens is 5. The number of hydrogen-bond acceptors (Lipinski definition) is 5. The summed E-state index contributed by atoms with van der Waals surface area (Å²) < 4.78 is 6.88. The van der Waals surface area contributed by atoms with E-state index >= 15 is 0 Å². The lowest BCUT2D eigenvalue weighted by atomic mass is 10.2. The van der Waals surface area contributed by atoms with Gasteiger partial charge in [0.25, 0.3) is 5.56 Å². The maximum atomic E-state index is 12.2. The monoisotopic (exact) mass is 299 g/mol. The van der Waals surface area contributed by atoms with Crippen molar-refractivity contribution < 1.29 is 4.74 Å². The quantitative estimate of drug-likeness (QED) is 0.727. The molecule has 0 unspecified atom stereocenters. The molecule has 2 aromatic heterocycles. The second-order valence-corrected chi connectivity index (χ2v) is 4.96. The number of ether oxygens (including phenoxy) is 1. The average Bonchev–Trinajstić information content (AvgIpc) is 2.90. The van der Waals surface area contributed by atoms with Crippen molar-refractivity contribution in [3.8, 4) is 5.75 Å². The molecule has 0 fully saturated rings. The minimum atomic E-state index is -0.175. The second-order valence-electron chi connectivity index (χ2n) is 4.96. The van der Waals surface area contributed by atoms with Gasteiger partial charge in [0.2, 0.25) is 0 Å². The average molecular weight is 299 g/mol. The summed E-state index contributed by atoms with van der Waals surface area (Å²) in [5, 5.41) is 8.73. The number of fused-ring (bicyclic) bond motifs is 1. The molecule has 0 aliphatic rings. The summed E-state index contributed by atoms with van der Waals surface area (Å²) in [6.07, 6.45) is 1.33. The van der Waals surface area contributed by atoms with Crippen LogP contribution in [0.25, 0.3) is 11.0 Å². The Kier molecular flexibility index (Phi) is 3.62. The Hall–Kier alpha value is -2.70. The van der Waals surface area contributed by atoms with Crippen molar-refractivity contribution >= 4 is 11.0 Å². The second kappa shape index (κ2) is 5.59. The summed E-state index contributed by atoms with van der Waals surface area (Å²) in [5.41, 5.74) is 2.88. The molecule has 0 amide bonds. The van der Waals surface area contributed by atoms with Gasteiger partial charge in [-0.05, 0) is 26.0 Å². The molecular formula is C15H17N5O2. The molecule has 0 radical (unpaired) electrons. The first kappa shape index (κ1) is 14.2. The van der Waals surface area contributed by atoms with E-state index in [2.05, 4.69) is 15.2 Å². The SMILES string of the molecule is CCn1nc(C)c(Cn2c(=O)cnc3ccc(OC)cc32)n1. The Labute approximate surface area is 127 Å². The Bertz CT molecular complexity index is 881. The van der Waals surface area contributed by atoms with E-state index in [1.807, 2.05) is 32.0 Å². The molecule has 1 aromatic carbocycles. The van der Waals surface area contributed by atoms with Crippen molar-refractivity contribution in [1.29, 1.82) is 0 Å². The fraction of sp³-hybridized carbons (Fsp3) is 0.333. The lowest BCUT2D eigenvalue weighted by Crippen LogP contribution is -2.21. The molecule has 7 nitrogen and oxygen atoms in total. The summed E-state index contributed by atoms with van der Waals surface area (Å²) in [6.45, 7) is 4.92. The molecule has 0 atom stereocenters. The van der Waals surface area contributed by atoms with Crippen LogP contribution in [-0.4, -0.2) is 31.7 Å². The van der Waals surface area contributed by atoms with Gasteiger partial charge >= 0.3 is 0 Å². The summed E-state index contributed by atoms with van der Waals surface area (Å²) in [4.78, 5) is 18.0. The molecule has 0 saturated carbocycles. The van der Waals surface area contributed by atoms with Gasteiger partial charge in [-0.3, -0.25) is 9.36 Å². The van der Waals surface area contributed by atoms with E-state index in [1.54, 1.807) is 16.5 Å². The van der Waals surface area contributed by atoms with Crippen LogP contribution in [0, 0.1) is 6.92 Å². The summed E-state index contributed by atoms with van der Waals surface area (Å²) in [6, 6.07) is 5.46. The third-order valence-corrected chi connectivity index (χ3v) is 3.56. The van der Waals surface area contributed by atoms with Crippen molar-refractivity contribution in [2.45, 2.75) is 26.9 Å². The fourth-order valence-corrected chi connectivity index (χ4v) is 2.33. The van der Waals surface area contributed by atoms with Crippen molar-refractivity contribution in [3.05, 3.63) is 46.1 Å². The first-order chi connectivity index (χ1) is 10.6. The number of nitrogens with zero attached hydrogens (tertiary/aromatic N) is 5. The zero-order chi connectivity index (χ0) is 15.7. The number of rotatable bonds is 4. The van der Waals surface area contributed by atoms with Crippen molar-refractivity contribution in [2.75, 3.05) is 7.11 Å². The summed E-state index contributed by atoms with van der Waals surface area (Å²) >= 11 is 0. The van der Waals surface area contributed by atoms with E-state index in [-0.39, 0.29) is 5.56 Å². The molecule has 0 aliphatic carbocycles. The smallest absolute Gasteiger partial charge is 0.269 e. The molecule has 0 N–H and O–H groups in total. The molecule has 3 aromatic rings. The lowest BCUT2D eigenvalue weighted by molar-refractivity contribution is 0.415. The highest BCUT2D eigenvalue weighted by Crippen LogP contribution is 2.18. The molecule has 0 saturated heterocycles. The molecule has 3 rings (SSSR count). The van der Waals surface area contributed by atoms with Crippen LogP contribution in [0.3, 0.4) is 0 Å². The van der Waals surface area contributed by atoms with E-state index in [0.29, 0.717) is 18.8 Å². The zero-order valence-corrected chi connectivity index (χ0v) is 12.8. The van der Waals surface area contributed by atoms with Crippen molar-refractivity contribution in [2.24, 2.45) is 0 Å². The van der Waals surface area contributed by atoms with E-state index in [0.717, 1.165) is 22.4 Å². The van der Waals surface area contributed by atoms with Crippen LogP contribution in [0.2, 0.25) is 0 Å². The number of aryl methyl sites for hydroxylation is 2. The highest BCUT2D eigenvalue weighted by Gasteiger charge is 2.11. The molecule has 0 spiro atoms. The molecule has 22 heavy (non-hydrogen) atoms. The fourth-order valence-electron chi connectivity index (χ4n) is 2.33. The third-order valence-electron chi connectivity index (χ3n) is 3.56. The Morgan fingerprint density at radius 2 is 2.09 bits per heavy atom. The van der Waals surface area contributed by atoms with Crippen LogP contribution >= 0.6 is 0 Å². The molecule has 0 aliphatic heterocycles. The predicted molar refractivity (Wildman–Crippen MR) is 82.1 cm³/mol. The molecular weight excluding hydrogens is 282 g/mol. The summed E-state index contributed by atoms with van der Waals surface area (Å²) in [7, 11) is 1.59. The highest BCUT2D eigenvalue weighted by molar-refractivity contribution is 5.76. The topological polar surface area (TPSA) is 74.8 Å². The van der Waals surface area contributed by atoms with Gasteiger partial charge in [0.1, 0.15) is 11.4 Å². The zero-order valence-electron chi connectivity index (χ0n) is 12.8. The molecule has 0 bridgehead atoms. The maximum Gasteiger partial charge on any atom is 0.269 e. The van der Waals surface area contributed by atoms with Crippen molar-refractivity contribution in [1.82, 2.24) is 24.5 Å². The van der Waals surface area contributed by atoms with Gasteiger partial charge in [-0.1, -0.05) is 0 Å².